The minimum absolute atomic E-state index is 0.274. The van der Waals surface area contributed by atoms with Crippen molar-refractivity contribution in [1.82, 2.24) is 9.78 Å². The number of nitrogens with zero attached hydrogens (tertiary/aromatic N) is 2. The number of nitrogens with one attached hydrogen (secondary N) is 1. The Bertz CT molecular complexity index is 534. The van der Waals surface area contributed by atoms with E-state index in [0.29, 0.717) is 12.2 Å². The molecule has 0 aliphatic carbocycles. The highest BCUT2D eigenvalue weighted by Gasteiger charge is 2.08. The highest BCUT2D eigenvalue weighted by Crippen LogP contribution is 2.15. The van der Waals surface area contributed by atoms with Gasteiger partial charge in [-0.3, -0.25) is 4.68 Å². The fourth-order valence-electron chi connectivity index (χ4n) is 1.58. The number of aromatic carboxylic acids is 1. The third-order valence-corrected chi connectivity index (χ3v) is 2.40. The molecule has 0 radical (unpaired) electrons. The van der Waals surface area contributed by atoms with E-state index in [4.69, 9.17) is 5.11 Å². The van der Waals surface area contributed by atoms with E-state index in [9.17, 15) is 4.79 Å². The van der Waals surface area contributed by atoms with Gasteiger partial charge in [-0.1, -0.05) is 12.1 Å². The second-order valence-corrected chi connectivity index (χ2v) is 3.73. The van der Waals surface area contributed by atoms with Crippen LogP contribution in [0.2, 0.25) is 0 Å². The van der Waals surface area contributed by atoms with E-state index in [1.165, 1.54) is 0 Å². The third kappa shape index (κ3) is 2.63. The van der Waals surface area contributed by atoms with Crippen LogP contribution in [0.1, 0.15) is 15.9 Å². The molecule has 0 saturated carbocycles. The molecule has 88 valence electrons. The zero-order valence-electron chi connectivity index (χ0n) is 9.42. The molecule has 5 nitrogen and oxygen atoms in total. The van der Waals surface area contributed by atoms with E-state index in [-0.39, 0.29) is 5.56 Å². The number of hydrogen-bond donors (Lipinski definition) is 2. The van der Waals surface area contributed by atoms with Crippen LogP contribution in [-0.4, -0.2) is 20.9 Å². The lowest BCUT2D eigenvalue weighted by molar-refractivity contribution is 0.0698. The molecule has 0 amide bonds. The van der Waals surface area contributed by atoms with Crippen molar-refractivity contribution in [3.8, 4) is 0 Å². The summed E-state index contributed by atoms with van der Waals surface area (Å²) in [5, 5.41) is 16.1. The predicted molar refractivity (Wildman–Crippen MR) is 63.9 cm³/mol. The summed E-state index contributed by atoms with van der Waals surface area (Å²) in [6.45, 7) is 0.554. The lowest BCUT2D eigenvalue weighted by Crippen LogP contribution is -2.05. The van der Waals surface area contributed by atoms with E-state index in [2.05, 4.69) is 10.4 Å². The standard InChI is InChI=1S/C12H13N3O2/c1-15-8-9(7-14-15)6-13-11-5-3-2-4-10(11)12(16)17/h2-5,7-8,13H,6H2,1H3,(H,16,17). The normalized spacial score (nSPS) is 10.2. The number of anilines is 1. The van der Waals surface area contributed by atoms with Crippen molar-refractivity contribution in [2.24, 2.45) is 7.05 Å². The van der Waals surface area contributed by atoms with Crippen LogP contribution in [0.15, 0.2) is 36.7 Å². The average Bonchev–Trinajstić information content (AvgIpc) is 2.73. The largest absolute Gasteiger partial charge is 0.478 e. The van der Waals surface area contributed by atoms with Gasteiger partial charge in [0, 0.05) is 31.0 Å². The van der Waals surface area contributed by atoms with Crippen LogP contribution in [-0.2, 0) is 13.6 Å². The van der Waals surface area contributed by atoms with Gasteiger partial charge in [0.1, 0.15) is 0 Å². The molecule has 1 aromatic heterocycles. The highest BCUT2D eigenvalue weighted by atomic mass is 16.4. The van der Waals surface area contributed by atoms with Gasteiger partial charge in [0.05, 0.1) is 11.8 Å². The fourth-order valence-corrected chi connectivity index (χ4v) is 1.58. The Labute approximate surface area is 98.7 Å². The quantitative estimate of drug-likeness (QED) is 0.841. The number of para-hydroxylation sites is 1. The van der Waals surface area contributed by atoms with Gasteiger partial charge in [-0.15, -0.1) is 0 Å². The molecular formula is C12H13N3O2. The average molecular weight is 231 g/mol. The number of aryl methyl sites for hydroxylation is 1. The monoisotopic (exact) mass is 231 g/mol. The number of carbonyl (C=O) groups is 1. The topological polar surface area (TPSA) is 67.2 Å². The zero-order chi connectivity index (χ0) is 12.3. The van der Waals surface area contributed by atoms with Crippen LogP contribution >= 0.6 is 0 Å². The number of carboxylic acids is 1. The van der Waals surface area contributed by atoms with Gasteiger partial charge >= 0.3 is 5.97 Å². The van der Waals surface area contributed by atoms with Crippen LogP contribution < -0.4 is 5.32 Å². The molecular weight excluding hydrogens is 218 g/mol. The summed E-state index contributed by atoms with van der Waals surface area (Å²) >= 11 is 0. The summed E-state index contributed by atoms with van der Waals surface area (Å²) in [7, 11) is 1.84. The molecule has 0 saturated heterocycles. The summed E-state index contributed by atoms with van der Waals surface area (Å²) in [6, 6.07) is 6.84. The van der Waals surface area contributed by atoms with Crippen molar-refractivity contribution in [2.45, 2.75) is 6.54 Å². The summed E-state index contributed by atoms with van der Waals surface area (Å²) in [4.78, 5) is 11.0. The highest BCUT2D eigenvalue weighted by molar-refractivity contribution is 5.94. The molecule has 1 heterocycles. The maximum absolute atomic E-state index is 11.0. The molecule has 0 bridgehead atoms. The molecule has 1 aromatic carbocycles. The minimum atomic E-state index is -0.931. The number of rotatable bonds is 4. The Morgan fingerprint density at radius 2 is 2.24 bits per heavy atom. The van der Waals surface area contributed by atoms with Crippen molar-refractivity contribution in [2.75, 3.05) is 5.32 Å². The molecule has 17 heavy (non-hydrogen) atoms. The van der Waals surface area contributed by atoms with Gasteiger partial charge in [0.25, 0.3) is 0 Å². The zero-order valence-corrected chi connectivity index (χ0v) is 9.42. The van der Waals surface area contributed by atoms with Gasteiger partial charge in [-0.05, 0) is 12.1 Å². The van der Waals surface area contributed by atoms with E-state index in [1.807, 2.05) is 13.2 Å². The third-order valence-electron chi connectivity index (χ3n) is 2.40. The van der Waals surface area contributed by atoms with Crippen LogP contribution in [0.4, 0.5) is 5.69 Å². The number of carboxylic acid groups (broad SMARTS) is 1. The lowest BCUT2D eigenvalue weighted by atomic mass is 10.2. The summed E-state index contributed by atoms with van der Waals surface area (Å²) in [5.74, 6) is -0.931. The first-order valence-electron chi connectivity index (χ1n) is 5.20. The molecule has 2 N–H and O–H groups in total. The van der Waals surface area contributed by atoms with Crippen molar-refractivity contribution in [3.05, 3.63) is 47.8 Å². The molecule has 2 rings (SSSR count). The van der Waals surface area contributed by atoms with Crippen molar-refractivity contribution >= 4 is 11.7 Å². The molecule has 0 atom stereocenters. The number of aromatic nitrogens is 2. The van der Waals surface area contributed by atoms with Gasteiger partial charge < -0.3 is 10.4 Å². The number of hydrogen-bond acceptors (Lipinski definition) is 3. The van der Waals surface area contributed by atoms with Crippen LogP contribution in [0.5, 0.6) is 0 Å². The van der Waals surface area contributed by atoms with Gasteiger partial charge in [-0.25, -0.2) is 4.79 Å². The van der Waals surface area contributed by atoms with Crippen molar-refractivity contribution in [3.63, 3.8) is 0 Å². The molecule has 5 heteroatoms. The van der Waals surface area contributed by atoms with E-state index in [0.717, 1.165) is 5.56 Å². The maximum atomic E-state index is 11.0. The summed E-state index contributed by atoms with van der Waals surface area (Å²) < 4.78 is 1.71. The predicted octanol–water partition coefficient (Wildman–Crippen LogP) is 1.73. The molecule has 0 unspecified atom stereocenters. The molecule has 0 fully saturated rings. The molecule has 0 spiro atoms. The Balaban J connectivity index is 2.11. The van der Waals surface area contributed by atoms with Gasteiger partial charge in [-0.2, -0.15) is 5.10 Å². The van der Waals surface area contributed by atoms with Gasteiger partial charge in [0.2, 0.25) is 0 Å². The summed E-state index contributed by atoms with van der Waals surface area (Å²) in [6.07, 6.45) is 3.63. The first kappa shape index (κ1) is 11.2. The Kier molecular flexibility index (Phi) is 3.09. The van der Waals surface area contributed by atoms with Crippen LogP contribution in [0, 0.1) is 0 Å². The molecule has 2 aromatic rings. The second kappa shape index (κ2) is 4.69. The van der Waals surface area contributed by atoms with E-state index < -0.39 is 5.97 Å². The van der Waals surface area contributed by atoms with Crippen molar-refractivity contribution < 1.29 is 9.90 Å². The SMILES string of the molecule is Cn1cc(CNc2ccccc2C(=O)O)cn1. The first-order valence-corrected chi connectivity index (χ1v) is 5.20. The fraction of sp³-hybridized carbons (Fsp3) is 0.167. The second-order valence-electron chi connectivity index (χ2n) is 3.73. The first-order chi connectivity index (χ1) is 8.16. The molecule has 0 aliphatic heterocycles. The maximum Gasteiger partial charge on any atom is 0.337 e. The van der Waals surface area contributed by atoms with Crippen LogP contribution in [0.25, 0.3) is 0 Å². The van der Waals surface area contributed by atoms with Gasteiger partial charge in [0.15, 0.2) is 0 Å². The van der Waals surface area contributed by atoms with Crippen LogP contribution in [0.3, 0.4) is 0 Å². The Morgan fingerprint density at radius 3 is 2.88 bits per heavy atom. The summed E-state index contributed by atoms with van der Waals surface area (Å²) in [5.41, 5.74) is 1.90. The van der Waals surface area contributed by atoms with E-state index >= 15 is 0 Å². The lowest BCUT2D eigenvalue weighted by Gasteiger charge is -2.07. The minimum Gasteiger partial charge on any atom is -0.478 e. The van der Waals surface area contributed by atoms with E-state index in [1.54, 1.807) is 35.1 Å². The Morgan fingerprint density at radius 1 is 1.47 bits per heavy atom. The Hall–Kier alpha value is -2.30. The smallest absolute Gasteiger partial charge is 0.337 e. The number of benzene rings is 1. The van der Waals surface area contributed by atoms with Crippen molar-refractivity contribution in [1.29, 1.82) is 0 Å². The molecule has 0 aliphatic rings.